The Kier molecular flexibility index (Phi) is 7.53. The molecule has 35 heavy (non-hydrogen) atoms. The van der Waals surface area contributed by atoms with Crippen molar-refractivity contribution in [3.8, 4) is 11.3 Å². The highest BCUT2D eigenvalue weighted by atomic mass is 32.2. The second kappa shape index (κ2) is 10.3. The molecule has 2 heterocycles. The lowest BCUT2D eigenvalue weighted by molar-refractivity contribution is 0.0964. The van der Waals surface area contributed by atoms with Gasteiger partial charge in [-0.15, -0.1) is 8.58 Å². The maximum atomic E-state index is 13.0. The summed E-state index contributed by atoms with van der Waals surface area (Å²) >= 11 is 0. The van der Waals surface area contributed by atoms with Gasteiger partial charge in [-0.2, -0.15) is 4.98 Å². The Morgan fingerprint density at radius 2 is 1.94 bits per heavy atom. The van der Waals surface area contributed by atoms with Gasteiger partial charge in [0.15, 0.2) is 0 Å². The van der Waals surface area contributed by atoms with Crippen LogP contribution < -0.4 is 9.62 Å². The Labute approximate surface area is 209 Å². The third-order valence-corrected chi connectivity index (χ3v) is 8.62. The van der Waals surface area contributed by atoms with Gasteiger partial charge in [-0.3, -0.25) is 9.10 Å². The number of anilines is 1. The number of sulfonamides is 1. The number of aryl methyl sites for hydroxylation is 2. The molecule has 0 saturated heterocycles. The molecule has 3 aromatic rings. The fraction of sp³-hybridized carbons (Fsp3) is 0.462. The average Bonchev–Trinajstić information content (AvgIpc) is 3.59. The number of pyridine rings is 1. The number of aromatic nitrogens is 1. The number of fused-ring (bicyclic) bond motifs is 1. The fourth-order valence-corrected chi connectivity index (χ4v) is 5.87. The zero-order chi connectivity index (χ0) is 25.3. The summed E-state index contributed by atoms with van der Waals surface area (Å²) in [5.74, 6) is 0.864. The molecule has 0 bridgehead atoms. The van der Waals surface area contributed by atoms with Crippen molar-refractivity contribution in [3.63, 3.8) is 0 Å². The van der Waals surface area contributed by atoms with Crippen LogP contribution in [-0.4, -0.2) is 52.0 Å². The van der Waals surface area contributed by atoms with Gasteiger partial charge in [0.25, 0.3) is 5.91 Å². The summed E-state index contributed by atoms with van der Waals surface area (Å²) in [4.78, 5) is 17.8. The summed E-state index contributed by atoms with van der Waals surface area (Å²) in [5.41, 5.74) is 4.61. The minimum atomic E-state index is -3.54. The number of nitrogens with one attached hydrogen (secondary N) is 1. The minimum absolute atomic E-state index is 0.237. The summed E-state index contributed by atoms with van der Waals surface area (Å²) in [5, 5.41) is 3.34. The lowest BCUT2D eigenvalue weighted by Crippen LogP contribution is -2.32. The molecule has 188 valence electrons. The molecular weight excluding hydrogens is 481 g/mol. The SMILES string of the molecule is CNC(=O)c1c(-c2ccc(C)c(C)c2)oc2nc(N(CCCCPC)S(C)(=O)=O)c(C3CC3)cc12. The number of nitrogens with zero attached hydrogens (tertiary/aromatic N) is 2. The molecule has 4 rings (SSSR count). The van der Waals surface area contributed by atoms with E-state index >= 15 is 0 Å². The van der Waals surface area contributed by atoms with Crippen LogP contribution in [0.3, 0.4) is 0 Å². The average molecular weight is 516 g/mol. The van der Waals surface area contributed by atoms with Crippen molar-refractivity contribution in [2.45, 2.75) is 45.4 Å². The van der Waals surface area contributed by atoms with Gasteiger partial charge >= 0.3 is 0 Å². The molecule has 1 atom stereocenters. The van der Waals surface area contributed by atoms with E-state index in [-0.39, 0.29) is 17.5 Å². The van der Waals surface area contributed by atoms with Crippen LogP contribution in [0.15, 0.2) is 28.7 Å². The van der Waals surface area contributed by atoms with E-state index in [4.69, 9.17) is 9.40 Å². The molecule has 1 fully saturated rings. The van der Waals surface area contributed by atoms with Crippen LogP contribution in [-0.2, 0) is 10.0 Å². The van der Waals surface area contributed by atoms with Crippen molar-refractivity contribution in [1.29, 1.82) is 0 Å². The first-order valence-electron chi connectivity index (χ1n) is 12.0. The van der Waals surface area contributed by atoms with Crippen molar-refractivity contribution in [1.82, 2.24) is 10.3 Å². The summed E-state index contributed by atoms with van der Waals surface area (Å²) in [6, 6.07) is 7.87. The zero-order valence-corrected chi connectivity index (χ0v) is 22.9. The van der Waals surface area contributed by atoms with E-state index in [1.807, 2.05) is 38.1 Å². The van der Waals surface area contributed by atoms with Crippen LogP contribution in [0, 0.1) is 13.8 Å². The van der Waals surface area contributed by atoms with Gasteiger partial charge in [-0.05, 0) is 87.1 Å². The number of carbonyl (C=O) groups is 1. The Morgan fingerprint density at radius 1 is 1.20 bits per heavy atom. The van der Waals surface area contributed by atoms with Gasteiger partial charge in [0.2, 0.25) is 15.7 Å². The number of hydrogen-bond donors (Lipinski definition) is 1. The van der Waals surface area contributed by atoms with E-state index in [0.29, 0.717) is 29.1 Å². The normalized spacial score (nSPS) is 14.2. The lowest BCUT2D eigenvalue weighted by atomic mass is 10.0. The molecule has 1 aliphatic carbocycles. The lowest BCUT2D eigenvalue weighted by Gasteiger charge is -2.23. The summed E-state index contributed by atoms with van der Waals surface area (Å²) < 4.78 is 33.3. The van der Waals surface area contributed by atoms with Crippen molar-refractivity contribution in [2.24, 2.45) is 0 Å². The third kappa shape index (κ3) is 5.39. The topological polar surface area (TPSA) is 92.5 Å². The summed E-state index contributed by atoms with van der Waals surface area (Å²) in [6.07, 6.45) is 6.02. The molecular formula is C26H34N3O4PS. The van der Waals surface area contributed by atoms with Crippen LogP contribution in [0.1, 0.15) is 58.6 Å². The molecule has 7 nitrogen and oxygen atoms in total. The van der Waals surface area contributed by atoms with Crippen LogP contribution >= 0.6 is 8.58 Å². The first-order valence-corrected chi connectivity index (χ1v) is 15.6. The highest BCUT2D eigenvalue weighted by molar-refractivity contribution is 7.92. The molecule has 0 aliphatic heterocycles. The summed E-state index contributed by atoms with van der Waals surface area (Å²) in [6.45, 7) is 6.59. The van der Waals surface area contributed by atoms with Gasteiger partial charge < -0.3 is 9.73 Å². The maximum absolute atomic E-state index is 13.0. The van der Waals surface area contributed by atoms with Crippen LogP contribution in [0.2, 0.25) is 0 Å². The van der Waals surface area contributed by atoms with Crippen molar-refractivity contribution in [3.05, 3.63) is 46.5 Å². The molecule has 0 radical (unpaired) electrons. The highest BCUT2D eigenvalue weighted by Crippen LogP contribution is 2.46. The number of carbonyl (C=O) groups excluding carboxylic acids is 1. The number of amides is 1. The van der Waals surface area contributed by atoms with Gasteiger partial charge in [0.05, 0.1) is 17.2 Å². The molecule has 0 spiro atoms. The van der Waals surface area contributed by atoms with E-state index in [9.17, 15) is 13.2 Å². The minimum Gasteiger partial charge on any atom is -0.437 e. The Hall–Kier alpha value is -2.44. The molecule has 1 aliphatic rings. The van der Waals surface area contributed by atoms with Gasteiger partial charge in [-0.1, -0.05) is 12.1 Å². The number of furan rings is 1. The van der Waals surface area contributed by atoms with Crippen molar-refractivity contribution < 1.29 is 17.6 Å². The monoisotopic (exact) mass is 515 g/mol. The highest BCUT2D eigenvalue weighted by Gasteiger charge is 2.34. The number of benzene rings is 1. The maximum Gasteiger partial charge on any atom is 0.255 e. The first kappa shape index (κ1) is 25.6. The van der Waals surface area contributed by atoms with E-state index < -0.39 is 10.0 Å². The van der Waals surface area contributed by atoms with Crippen LogP contribution in [0.4, 0.5) is 5.82 Å². The predicted molar refractivity (Wildman–Crippen MR) is 145 cm³/mol. The van der Waals surface area contributed by atoms with Crippen molar-refractivity contribution in [2.75, 3.05) is 37.0 Å². The molecule has 1 unspecified atom stereocenters. The summed E-state index contributed by atoms with van der Waals surface area (Å²) in [7, 11) is -1.09. The van der Waals surface area contributed by atoms with Gasteiger partial charge in [-0.25, -0.2) is 8.42 Å². The van der Waals surface area contributed by atoms with Crippen LogP contribution in [0.25, 0.3) is 22.4 Å². The molecule has 1 aromatic carbocycles. The number of unbranched alkanes of at least 4 members (excludes halogenated alkanes) is 1. The van der Waals surface area contributed by atoms with Gasteiger partial charge in [0, 0.05) is 19.2 Å². The molecule has 9 heteroatoms. The molecule has 1 N–H and O–H groups in total. The van der Waals surface area contributed by atoms with Crippen LogP contribution in [0.5, 0.6) is 0 Å². The largest absolute Gasteiger partial charge is 0.437 e. The zero-order valence-electron chi connectivity index (χ0n) is 21.1. The molecule has 1 saturated carbocycles. The standard InChI is InChI=1S/C26H34N3O4PS/c1-16-8-9-19(14-17(16)2)23-22(25(30)27-3)21-15-20(18-10-11-18)24(28-26(21)33-23)29(35(5,31)32)12-6-7-13-34-4/h8-9,14-15,18,34H,6-7,10-13H2,1-5H3,(H,27,30). The van der Waals surface area contributed by atoms with E-state index in [0.717, 1.165) is 62.7 Å². The van der Waals surface area contributed by atoms with E-state index in [1.54, 1.807) is 7.05 Å². The fourth-order valence-electron chi connectivity index (χ4n) is 4.35. The quantitative estimate of drug-likeness (QED) is 0.296. The number of rotatable bonds is 10. The Bertz CT molecular complexity index is 1360. The number of hydrogen-bond acceptors (Lipinski definition) is 5. The predicted octanol–water partition coefficient (Wildman–Crippen LogP) is 5.20. The smallest absolute Gasteiger partial charge is 0.255 e. The third-order valence-electron chi connectivity index (χ3n) is 6.61. The Morgan fingerprint density at radius 3 is 2.54 bits per heavy atom. The molecule has 1 amide bonds. The van der Waals surface area contributed by atoms with E-state index in [2.05, 4.69) is 12.0 Å². The van der Waals surface area contributed by atoms with Gasteiger partial charge in [0.1, 0.15) is 11.6 Å². The van der Waals surface area contributed by atoms with E-state index in [1.165, 1.54) is 10.6 Å². The second-order valence-electron chi connectivity index (χ2n) is 9.36. The second-order valence-corrected chi connectivity index (χ2v) is 12.5. The molecule has 2 aromatic heterocycles. The first-order chi connectivity index (χ1) is 16.7. The van der Waals surface area contributed by atoms with Crippen molar-refractivity contribution >= 4 is 41.4 Å². The Balaban J connectivity index is 1.91.